The van der Waals surface area contributed by atoms with E-state index in [0.29, 0.717) is 0 Å². The number of amidine groups is 1. The van der Waals surface area contributed by atoms with E-state index < -0.39 is 5.97 Å². The number of nitrogen functional groups attached to an aromatic ring is 1. The van der Waals surface area contributed by atoms with Gasteiger partial charge in [0.1, 0.15) is 5.84 Å². The van der Waals surface area contributed by atoms with Crippen molar-refractivity contribution < 1.29 is 9.90 Å². The fourth-order valence-corrected chi connectivity index (χ4v) is 0.904. The third kappa shape index (κ3) is 1.42. The Balaban J connectivity index is 3.27. The molecule has 0 saturated carbocycles. The van der Waals surface area contributed by atoms with E-state index in [0.717, 1.165) is 0 Å². The molecular formula is C8H8N2O2. The van der Waals surface area contributed by atoms with E-state index in [1.165, 1.54) is 12.1 Å². The highest BCUT2D eigenvalue weighted by molar-refractivity contribution is 6.05. The first-order chi connectivity index (χ1) is 5.63. The first kappa shape index (κ1) is 8.26. The summed E-state index contributed by atoms with van der Waals surface area (Å²) in [5.41, 5.74) is 5.49. The Labute approximate surface area is 69.1 Å². The maximum Gasteiger partial charge on any atom is 0.336 e. The quantitative estimate of drug-likeness (QED) is 0.443. The van der Waals surface area contributed by atoms with Crippen LogP contribution in [-0.2, 0) is 0 Å². The molecule has 0 bridgehead atoms. The highest BCUT2D eigenvalue weighted by atomic mass is 16.4. The van der Waals surface area contributed by atoms with Gasteiger partial charge < -0.3 is 10.8 Å². The van der Waals surface area contributed by atoms with Crippen LogP contribution in [0.2, 0.25) is 0 Å². The van der Waals surface area contributed by atoms with Crippen LogP contribution in [-0.4, -0.2) is 16.9 Å². The van der Waals surface area contributed by atoms with Crippen LogP contribution in [0.15, 0.2) is 24.3 Å². The number of carboxylic acids is 1. The number of hydrogen-bond acceptors (Lipinski definition) is 2. The number of aromatic carboxylic acids is 1. The molecule has 0 fully saturated rings. The van der Waals surface area contributed by atoms with Crippen molar-refractivity contribution in [1.29, 1.82) is 5.41 Å². The maximum atomic E-state index is 10.6. The molecule has 0 aliphatic heterocycles. The molecule has 0 saturated heterocycles. The molecule has 4 heteroatoms. The Morgan fingerprint density at radius 3 is 2.17 bits per heavy atom. The van der Waals surface area contributed by atoms with Gasteiger partial charge in [0.05, 0.1) is 5.56 Å². The minimum atomic E-state index is -1.07. The van der Waals surface area contributed by atoms with Crippen LogP contribution < -0.4 is 5.73 Å². The van der Waals surface area contributed by atoms with Gasteiger partial charge in [-0.3, -0.25) is 5.41 Å². The van der Waals surface area contributed by atoms with Gasteiger partial charge in [-0.15, -0.1) is 0 Å². The monoisotopic (exact) mass is 164 g/mol. The van der Waals surface area contributed by atoms with Crippen LogP contribution >= 0.6 is 0 Å². The largest absolute Gasteiger partial charge is 0.478 e. The maximum absolute atomic E-state index is 10.6. The summed E-state index contributed by atoms with van der Waals surface area (Å²) in [5, 5.41) is 15.7. The normalized spacial score (nSPS) is 9.33. The minimum Gasteiger partial charge on any atom is -0.478 e. The van der Waals surface area contributed by atoms with Crippen LogP contribution in [0.1, 0.15) is 15.9 Å². The summed E-state index contributed by atoms with van der Waals surface area (Å²) >= 11 is 0. The van der Waals surface area contributed by atoms with Crippen LogP contribution in [0, 0.1) is 5.41 Å². The molecule has 0 spiro atoms. The summed E-state index contributed by atoms with van der Waals surface area (Å²) in [7, 11) is 0. The summed E-state index contributed by atoms with van der Waals surface area (Å²) < 4.78 is 0. The van der Waals surface area contributed by atoms with Crippen LogP contribution in [0.25, 0.3) is 0 Å². The van der Waals surface area contributed by atoms with Gasteiger partial charge in [0, 0.05) is 5.56 Å². The van der Waals surface area contributed by atoms with E-state index in [1.54, 1.807) is 12.1 Å². The lowest BCUT2D eigenvalue weighted by molar-refractivity contribution is 0.0696. The average molecular weight is 164 g/mol. The number of nitrogens with two attached hydrogens (primary N) is 1. The topological polar surface area (TPSA) is 87.2 Å². The van der Waals surface area contributed by atoms with Gasteiger partial charge in [0.15, 0.2) is 0 Å². The lowest BCUT2D eigenvalue weighted by Crippen LogP contribution is -2.15. The van der Waals surface area contributed by atoms with Crippen molar-refractivity contribution in [1.82, 2.24) is 0 Å². The molecule has 12 heavy (non-hydrogen) atoms. The Hall–Kier alpha value is -1.84. The predicted molar refractivity (Wildman–Crippen MR) is 44.4 cm³/mol. The van der Waals surface area contributed by atoms with Gasteiger partial charge in [-0.25, -0.2) is 4.79 Å². The van der Waals surface area contributed by atoms with Crippen molar-refractivity contribution in [2.24, 2.45) is 5.73 Å². The van der Waals surface area contributed by atoms with Crippen LogP contribution in [0.3, 0.4) is 0 Å². The molecular weight excluding hydrogens is 156 g/mol. The Bertz CT molecular complexity index is 301. The number of benzene rings is 1. The highest BCUT2D eigenvalue weighted by Gasteiger charge is 2.09. The van der Waals surface area contributed by atoms with E-state index >= 15 is 0 Å². The van der Waals surface area contributed by atoms with Crippen LogP contribution in [0.4, 0.5) is 0 Å². The lowest BCUT2D eigenvalue weighted by atomic mass is 10.1. The van der Waals surface area contributed by atoms with Gasteiger partial charge in [-0.2, -0.15) is 0 Å². The van der Waals surface area contributed by atoms with Gasteiger partial charge in [0.25, 0.3) is 0 Å². The van der Waals surface area contributed by atoms with Crippen molar-refractivity contribution in [3.05, 3.63) is 35.4 Å². The summed E-state index contributed by atoms with van der Waals surface area (Å²) in [6.45, 7) is 0. The standard InChI is InChI=1S/C8H8N2O2/c9-7(10)5-3-1-2-4-6(5)8(11)12/h1-4H,(H3,9,10)(H,11,12). The van der Waals surface area contributed by atoms with E-state index in [9.17, 15) is 4.79 Å². The zero-order chi connectivity index (χ0) is 9.14. The number of nitrogens with one attached hydrogen (secondary N) is 1. The number of carbonyl (C=O) groups is 1. The van der Waals surface area contributed by atoms with E-state index in [2.05, 4.69) is 0 Å². The third-order valence-corrected chi connectivity index (χ3v) is 1.45. The Morgan fingerprint density at radius 1 is 1.33 bits per heavy atom. The molecule has 1 rings (SSSR count). The first-order valence-electron chi connectivity index (χ1n) is 3.29. The molecule has 0 heterocycles. The molecule has 1 aromatic carbocycles. The van der Waals surface area contributed by atoms with E-state index in [4.69, 9.17) is 16.2 Å². The number of rotatable bonds is 2. The lowest BCUT2D eigenvalue weighted by Gasteiger charge is -2.01. The van der Waals surface area contributed by atoms with E-state index in [1.807, 2.05) is 0 Å². The SMILES string of the molecule is N=C(N)c1ccccc1C(=O)O. The van der Waals surface area contributed by atoms with Crippen molar-refractivity contribution in [3.8, 4) is 0 Å². The number of carboxylic acid groups (broad SMARTS) is 1. The summed E-state index contributed by atoms with van der Waals surface area (Å²) in [4.78, 5) is 10.6. The Kier molecular flexibility index (Phi) is 2.09. The second-order valence-corrected chi connectivity index (χ2v) is 2.26. The van der Waals surface area contributed by atoms with E-state index in [-0.39, 0.29) is 17.0 Å². The van der Waals surface area contributed by atoms with Gasteiger partial charge in [0.2, 0.25) is 0 Å². The van der Waals surface area contributed by atoms with Crippen molar-refractivity contribution in [2.45, 2.75) is 0 Å². The smallest absolute Gasteiger partial charge is 0.336 e. The molecule has 0 amide bonds. The molecule has 0 radical (unpaired) electrons. The zero-order valence-corrected chi connectivity index (χ0v) is 6.24. The fourth-order valence-electron chi connectivity index (χ4n) is 0.904. The van der Waals surface area contributed by atoms with Crippen molar-refractivity contribution in [3.63, 3.8) is 0 Å². The molecule has 0 aromatic heterocycles. The summed E-state index contributed by atoms with van der Waals surface area (Å²) in [6.07, 6.45) is 0. The zero-order valence-electron chi connectivity index (χ0n) is 6.24. The van der Waals surface area contributed by atoms with Crippen LogP contribution in [0.5, 0.6) is 0 Å². The fraction of sp³-hybridized carbons (Fsp3) is 0. The van der Waals surface area contributed by atoms with Gasteiger partial charge >= 0.3 is 5.97 Å². The molecule has 0 atom stereocenters. The molecule has 4 N–H and O–H groups in total. The minimum absolute atomic E-state index is 0.0602. The molecule has 1 aromatic rings. The van der Waals surface area contributed by atoms with Crippen molar-refractivity contribution in [2.75, 3.05) is 0 Å². The summed E-state index contributed by atoms with van der Waals surface area (Å²) in [6, 6.07) is 6.16. The van der Waals surface area contributed by atoms with Gasteiger partial charge in [-0.1, -0.05) is 18.2 Å². The predicted octanol–water partition coefficient (Wildman–Crippen LogP) is 0.669. The average Bonchev–Trinajstić information content (AvgIpc) is 2.04. The molecule has 0 aliphatic carbocycles. The third-order valence-electron chi connectivity index (χ3n) is 1.45. The molecule has 0 aliphatic rings. The second kappa shape index (κ2) is 3.04. The molecule has 62 valence electrons. The molecule has 4 nitrogen and oxygen atoms in total. The van der Waals surface area contributed by atoms with Crippen molar-refractivity contribution >= 4 is 11.8 Å². The molecule has 0 unspecified atom stereocenters. The first-order valence-corrected chi connectivity index (χ1v) is 3.29. The highest BCUT2D eigenvalue weighted by Crippen LogP contribution is 2.06. The summed E-state index contributed by atoms with van der Waals surface area (Å²) in [5.74, 6) is -1.30. The Morgan fingerprint density at radius 2 is 1.83 bits per heavy atom. The number of hydrogen-bond donors (Lipinski definition) is 3. The van der Waals surface area contributed by atoms with Gasteiger partial charge in [-0.05, 0) is 6.07 Å². The second-order valence-electron chi connectivity index (χ2n) is 2.26.